The van der Waals surface area contributed by atoms with Crippen molar-refractivity contribution in [2.75, 3.05) is 6.54 Å². The van der Waals surface area contributed by atoms with Gasteiger partial charge in [0.25, 0.3) is 5.91 Å². The Hall–Kier alpha value is -4.04. The molecule has 0 saturated heterocycles. The molecule has 1 heterocycles. The predicted octanol–water partition coefficient (Wildman–Crippen LogP) is 2.53. The van der Waals surface area contributed by atoms with E-state index in [4.69, 9.17) is 5.11 Å². The summed E-state index contributed by atoms with van der Waals surface area (Å²) in [6, 6.07) is 18.2. The summed E-state index contributed by atoms with van der Waals surface area (Å²) in [5.41, 5.74) is 1.65. The minimum Gasteiger partial charge on any atom is -0.479 e. The van der Waals surface area contributed by atoms with E-state index in [0.717, 1.165) is 5.56 Å². The maximum absolute atomic E-state index is 13.2. The third-order valence-electron chi connectivity index (χ3n) is 4.62. The molecular weight excluding hydrogens is 400 g/mol. The van der Waals surface area contributed by atoms with Crippen molar-refractivity contribution in [2.24, 2.45) is 0 Å². The van der Waals surface area contributed by atoms with E-state index in [2.05, 4.69) is 4.98 Å². The minimum absolute atomic E-state index is 0.0436. The van der Waals surface area contributed by atoms with Crippen LogP contribution in [0.1, 0.15) is 26.3 Å². The van der Waals surface area contributed by atoms with Crippen LogP contribution >= 0.6 is 0 Å². The first-order valence-electron chi connectivity index (χ1n) is 9.39. The molecule has 31 heavy (non-hydrogen) atoms. The fraction of sp³-hybridized carbons (Fsp3) is 0.130. The van der Waals surface area contributed by atoms with Crippen LogP contribution in [-0.4, -0.2) is 55.7 Å². The minimum atomic E-state index is -1.75. The van der Waals surface area contributed by atoms with Gasteiger partial charge in [-0.15, -0.1) is 0 Å². The van der Waals surface area contributed by atoms with Gasteiger partial charge in [0.15, 0.2) is 6.10 Å². The van der Waals surface area contributed by atoms with Gasteiger partial charge in [0.2, 0.25) is 0 Å². The Morgan fingerprint density at radius 3 is 2.29 bits per heavy atom. The van der Waals surface area contributed by atoms with Crippen LogP contribution in [0.4, 0.5) is 0 Å². The molecule has 0 bridgehead atoms. The summed E-state index contributed by atoms with van der Waals surface area (Å²) >= 11 is 0. The summed E-state index contributed by atoms with van der Waals surface area (Å²) in [6.07, 6.45) is -0.364. The maximum atomic E-state index is 13.2. The lowest BCUT2D eigenvalue weighted by Gasteiger charge is -2.24. The molecule has 0 aliphatic heterocycles. The Labute approximate surface area is 178 Å². The van der Waals surface area contributed by atoms with Crippen molar-refractivity contribution in [2.45, 2.75) is 12.6 Å². The fourth-order valence-corrected chi connectivity index (χ4v) is 3.10. The fourth-order valence-electron chi connectivity index (χ4n) is 3.10. The molecule has 3 N–H and O–H groups in total. The van der Waals surface area contributed by atoms with E-state index in [1.807, 2.05) is 6.07 Å². The van der Waals surface area contributed by atoms with Crippen molar-refractivity contribution in [1.82, 2.24) is 9.88 Å². The number of aliphatic carboxylic acids is 1. The van der Waals surface area contributed by atoms with Gasteiger partial charge in [-0.3, -0.25) is 9.78 Å². The molecule has 0 saturated carbocycles. The third kappa shape index (κ3) is 5.31. The van der Waals surface area contributed by atoms with Gasteiger partial charge in [-0.1, -0.05) is 48.5 Å². The van der Waals surface area contributed by atoms with E-state index in [0.29, 0.717) is 11.3 Å². The SMILES string of the molecule is O=C(O)c1ccccc1-c1cc(C(=O)N(Cc2ccccc2)C[C@@H](O)C(=O)O)ccn1. The Balaban J connectivity index is 1.95. The van der Waals surface area contributed by atoms with Gasteiger partial charge in [0.05, 0.1) is 17.8 Å². The number of carbonyl (C=O) groups is 3. The average molecular weight is 420 g/mol. The van der Waals surface area contributed by atoms with Crippen molar-refractivity contribution in [3.63, 3.8) is 0 Å². The molecule has 0 unspecified atom stereocenters. The number of aromatic carboxylic acids is 1. The Bertz CT molecular complexity index is 1100. The largest absolute Gasteiger partial charge is 0.479 e. The lowest BCUT2D eigenvalue weighted by molar-refractivity contribution is -0.147. The Morgan fingerprint density at radius 1 is 0.935 bits per heavy atom. The lowest BCUT2D eigenvalue weighted by Crippen LogP contribution is -2.40. The first-order chi connectivity index (χ1) is 14.9. The number of benzene rings is 2. The van der Waals surface area contributed by atoms with Crippen molar-refractivity contribution >= 4 is 17.8 Å². The number of amides is 1. The predicted molar refractivity (Wildman–Crippen MR) is 111 cm³/mol. The van der Waals surface area contributed by atoms with Crippen LogP contribution < -0.4 is 0 Å². The second-order valence-corrected chi connectivity index (χ2v) is 6.81. The van der Waals surface area contributed by atoms with Gasteiger partial charge in [-0.25, -0.2) is 9.59 Å². The molecule has 3 aromatic rings. The maximum Gasteiger partial charge on any atom is 0.336 e. The molecule has 1 atom stereocenters. The average Bonchev–Trinajstić information content (AvgIpc) is 2.78. The van der Waals surface area contributed by atoms with Crippen LogP contribution in [0.15, 0.2) is 72.9 Å². The number of carbonyl (C=O) groups excluding carboxylic acids is 1. The first kappa shape index (κ1) is 21.7. The molecule has 2 aromatic carbocycles. The van der Waals surface area contributed by atoms with Crippen molar-refractivity contribution < 1.29 is 29.7 Å². The second-order valence-electron chi connectivity index (χ2n) is 6.81. The lowest BCUT2D eigenvalue weighted by atomic mass is 10.0. The van der Waals surface area contributed by atoms with E-state index in [1.165, 1.54) is 29.3 Å². The van der Waals surface area contributed by atoms with Crippen LogP contribution in [0.2, 0.25) is 0 Å². The van der Waals surface area contributed by atoms with Crippen molar-refractivity contribution in [1.29, 1.82) is 0 Å². The molecule has 0 spiro atoms. The van der Waals surface area contributed by atoms with Crippen molar-refractivity contribution in [3.8, 4) is 11.3 Å². The quantitative estimate of drug-likeness (QED) is 0.511. The number of carboxylic acid groups (broad SMARTS) is 2. The zero-order valence-corrected chi connectivity index (χ0v) is 16.4. The van der Waals surface area contributed by atoms with Gasteiger partial charge in [-0.2, -0.15) is 0 Å². The van der Waals surface area contributed by atoms with Crippen LogP contribution in [-0.2, 0) is 11.3 Å². The highest BCUT2D eigenvalue weighted by Gasteiger charge is 2.24. The van der Waals surface area contributed by atoms with Gasteiger partial charge in [0, 0.05) is 23.9 Å². The number of aliphatic hydroxyl groups is 1. The highest BCUT2D eigenvalue weighted by atomic mass is 16.4. The van der Waals surface area contributed by atoms with Crippen LogP contribution in [0.3, 0.4) is 0 Å². The number of pyridine rings is 1. The summed E-state index contributed by atoms with van der Waals surface area (Å²) in [4.78, 5) is 41.3. The monoisotopic (exact) mass is 420 g/mol. The number of rotatable bonds is 8. The molecule has 1 amide bonds. The van der Waals surface area contributed by atoms with E-state index >= 15 is 0 Å². The van der Waals surface area contributed by atoms with Crippen LogP contribution in [0.5, 0.6) is 0 Å². The molecule has 0 fully saturated rings. The van der Waals surface area contributed by atoms with E-state index in [1.54, 1.807) is 42.5 Å². The number of carboxylic acids is 2. The number of nitrogens with zero attached hydrogens (tertiary/aromatic N) is 2. The number of aromatic nitrogens is 1. The molecule has 0 aliphatic carbocycles. The molecule has 8 nitrogen and oxygen atoms in total. The third-order valence-corrected chi connectivity index (χ3v) is 4.62. The molecule has 1 aromatic heterocycles. The Morgan fingerprint density at radius 2 is 1.61 bits per heavy atom. The Kier molecular flexibility index (Phi) is 6.74. The normalized spacial score (nSPS) is 11.5. The van der Waals surface area contributed by atoms with Crippen molar-refractivity contribution in [3.05, 3.63) is 89.6 Å². The van der Waals surface area contributed by atoms with Gasteiger partial charge in [0.1, 0.15) is 0 Å². The van der Waals surface area contributed by atoms with Gasteiger partial charge in [-0.05, 0) is 23.8 Å². The van der Waals surface area contributed by atoms with E-state index in [9.17, 15) is 24.6 Å². The molecular formula is C23H20N2O6. The standard InChI is InChI=1S/C23H20N2O6/c26-20(23(30)31)14-25(13-15-6-2-1-3-7-15)21(27)16-10-11-24-19(12-16)17-8-4-5-9-18(17)22(28)29/h1-12,20,26H,13-14H2,(H,28,29)(H,30,31)/t20-/m1/s1. The van der Waals surface area contributed by atoms with Crippen LogP contribution in [0.25, 0.3) is 11.3 Å². The number of aliphatic hydroxyl groups excluding tert-OH is 1. The molecule has 0 aliphatic rings. The topological polar surface area (TPSA) is 128 Å². The number of hydrogen-bond acceptors (Lipinski definition) is 5. The molecule has 3 rings (SSSR count). The van der Waals surface area contributed by atoms with Crippen LogP contribution in [0, 0.1) is 0 Å². The first-order valence-corrected chi connectivity index (χ1v) is 9.39. The summed E-state index contributed by atoms with van der Waals surface area (Å²) in [5, 5.41) is 28.3. The van der Waals surface area contributed by atoms with Gasteiger partial charge < -0.3 is 20.2 Å². The molecule has 0 radical (unpaired) electrons. The number of hydrogen-bond donors (Lipinski definition) is 3. The highest BCUT2D eigenvalue weighted by molar-refractivity contribution is 5.98. The zero-order valence-electron chi connectivity index (χ0n) is 16.4. The summed E-state index contributed by atoms with van der Waals surface area (Å²) < 4.78 is 0. The summed E-state index contributed by atoms with van der Waals surface area (Å²) in [5.74, 6) is -3.07. The summed E-state index contributed by atoms with van der Waals surface area (Å²) in [7, 11) is 0. The zero-order chi connectivity index (χ0) is 22.4. The summed E-state index contributed by atoms with van der Waals surface area (Å²) in [6.45, 7) is -0.320. The van der Waals surface area contributed by atoms with Gasteiger partial charge >= 0.3 is 11.9 Å². The molecule has 8 heteroatoms. The van der Waals surface area contributed by atoms with E-state index < -0.39 is 30.5 Å². The smallest absolute Gasteiger partial charge is 0.336 e. The molecule has 158 valence electrons. The highest BCUT2D eigenvalue weighted by Crippen LogP contribution is 2.23. The second kappa shape index (κ2) is 9.64. The van der Waals surface area contributed by atoms with E-state index in [-0.39, 0.29) is 17.7 Å².